The molecule has 0 aliphatic carbocycles. The molecular formula is C39H46F4O6. The van der Waals surface area contributed by atoms with Gasteiger partial charge in [0.15, 0.2) is 26.4 Å². The Hall–Kier alpha value is -4.34. The van der Waals surface area contributed by atoms with E-state index in [1.807, 2.05) is 42.5 Å². The maximum Gasteiger partial charge on any atom is 0.344 e. The van der Waals surface area contributed by atoms with E-state index in [2.05, 4.69) is 62.3 Å². The first-order valence-electron chi connectivity index (χ1n) is 16.3. The van der Waals surface area contributed by atoms with Gasteiger partial charge in [-0.25, -0.2) is 27.2 Å². The monoisotopic (exact) mass is 686 g/mol. The van der Waals surface area contributed by atoms with Crippen molar-refractivity contribution < 1.29 is 46.1 Å². The van der Waals surface area contributed by atoms with Crippen molar-refractivity contribution in [3.05, 3.63) is 83.9 Å². The molecule has 6 nitrogen and oxygen atoms in total. The first-order chi connectivity index (χ1) is 22.9. The van der Waals surface area contributed by atoms with Gasteiger partial charge in [-0.2, -0.15) is 0 Å². The van der Waals surface area contributed by atoms with Crippen LogP contribution in [0.3, 0.4) is 0 Å². The highest BCUT2D eigenvalue weighted by molar-refractivity contribution is 5.91. The fourth-order valence-electron chi connectivity index (χ4n) is 4.80. The molecule has 1 unspecified atom stereocenters. The highest BCUT2D eigenvalue weighted by Crippen LogP contribution is 2.33. The van der Waals surface area contributed by atoms with E-state index in [9.17, 15) is 27.2 Å². The Morgan fingerprint density at radius 3 is 1.84 bits per heavy atom. The van der Waals surface area contributed by atoms with Crippen LogP contribution in [0.15, 0.2) is 72.8 Å². The largest absolute Gasteiger partial charge is 0.482 e. The van der Waals surface area contributed by atoms with Crippen LogP contribution >= 0.6 is 0 Å². The molecule has 0 aromatic heterocycles. The minimum Gasteiger partial charge on any atom is -0.482 e. The molecule has 4 rings (SSSR count). The van der Waals surface area contributed by atoms with Gasteiger partial charge in [-0.15, -0.1) is 0 Å². The SMILES string of the molecule is CCC(C)(C)c1ccc2cc(OCC(=O)OCC(C)(F)F)ccc2c1.CCC(C)c1cccc2c(OCC(=O)OCC(C)(F)F)cccc12. The number of ether oxygens (including phenoxy) is 4. The molecule has 0 amide bonds. The number of halogens is 4. The van der Waals surface area contributed by atoms with Crippen LogP contribution in [0, 0.1) is 0 Å². The summed E-state index contributed by atoms with van der Waals surface area (Å²) in [5.41, 5.74) is 2.59. The first kappa shape index (κ1) is 39.1. The average Bonchev–Trinajstić information content (AvgIpc) is 3.06. The summed E-state index contributed by atoms with van der Waals surface area (Å²) in [6, 6.07) is 23.3. The van der Waals surface area contributed by atoms with Gasteiger partial charge in [-0.05, 0) is 69.7 Å². The van der Waals surface area contributed by atoms with E-state index >= 15 is 0 Å². The minimum atomic E-state index is -3.04. The van der Waals surface area contributed by atoms with Gasteiger partial charge in [-0.1, -0.05) is 89.2 Å². The zero-order chi connectivity index (χ0) is 36.4. The number of fused-ring (bicyclic) bond motifs is 2. The third-order valence-corrected chi connectivity index (χ3v) is 8.21. The number of benzene rings is 4. The molecule has 0 bridgehead atoms. The Kier molecular flexibility index (Phi) is 13.4. The normalized spacial score (nSPS) is 12.6. The zero-order valence-corrected chi connectivity index (χ0v) is 29.2. The molecule has 0 saturated heterocycles. The number of rotatable bonds is 14. The number of alkyl halides is 4. The molecule has 4 aromatic rings. The molecule has 49 heavy (non-hydrogen) atoms. The standard InChI is InChI=1S/C20H24F2O3.C19H22F2O3/c1-5-19(2,3)16-8-6-15-11-17(9-7-14(15)10-16)24-12-18(23)25-13-20(4,21)22;1-4-13(2)14-7-5-9-16-15(14)8-6-10-17(16)23-11-18(22)24-12-19(3,20)21/h6-11H,5,12-13H2,1-4H3;5-10,13H,4,11-12H2,1-3H3. The summed E-state index contributed by atoms with van der Waals surface area (Å²) >= 11 is 0. The molecule has 0 spiro atoms. The van der Waals surface area contributed by atoms with Gasteiger partial charge in [0, 0.05) is 19.2 Å². The molecule has 0 fully saturated rings. The molecule has 10 heteroatoms. The van der Waals surface area contributed by atoms with Crippen LogP contribution in [0.1, 0.15) is 78.4 Å². The summed E-state index contributed by atoms with van der Waals surface area (Å²) in [4.78, 5) is 23.0. The Bertz CT molecular complexity index is 1710. The molecular weight excluding hydrogens is 640 g/mol. The Morgan fingerprint density at radius 1 is 0.694 bits per heavy atom. The van der Waals surface area contributed by atoms with Crippen molar-refractivity contribution in [1.82, 2.24) is 0 Å². The van der Waals surface area contributed by atoms with Crippen molar-refractivity contribution in [3.63, 3.8) is 0 Å². The lowest BCUT2D eigenvalue weighted by atomic mass is 9.81. The molecule has 0 N–H and O–H groups in total. The van der Waals surface area contributed by atoms with E-state index in [1.165, 1.54) is 11.1 Å². The van der Waals surface area contributed by atoms with Gasteiger partial charge in [0.05, 0.1) is 0 Å². The number of hydrogen-bond donors (Lipinski definition) is 0. The van der Waals surface area contributed by atoms with Crippen LogP contribution in [0.5, 0.6) is 11.5 Å². The first-order valence-corrected chi connectivity index (χ1v) is 16.3. The second kappa shape index (κ2) is 16.9. The van der Waals surface area contributed by atoms with Gasteiger partial charge < -0.3 is 18.9 Å². The van der Waals surface area contributed by atoms with E-state index in [-0.39, 0.29) is 5.41 Å². The number of carbonyl (C=O) groups excluding carboxylic acids is 2. The van der Waals surface area contributed by atoms with Gasteiger partial charge in [0.1, 0.15) is 11.5 Å². The van der Waals surface area contributed by atoms with E-state index < -0.39 is 50.2 Å². The summed E-state index contributed by atoms with van der Waals surface area (Å²) in [5.74, 6) is -6.27. The summed E-state index contributed by atoms with van der Waals surface area (Å²) < 4.78 is 70.5. The maximum absolute atomic E-state index is 12.7. The summed E-state index contributed by atoms with van der Waals surface area (Å²) in [7, 11) is 0. The van der Waals surface area contributed by atoms with Crippen molar-refractivity contribution in [2.75, 3.05) is 26.4 Å². The fourth-order valence-corrected chi connectivity index (χ4v) is 4.80. The van der Waals surface area contributed by atoms with Crippen LogP contribution in [0.2, 0.25) is 0 Å². The quantitative estimate of drug-likeness (QED) is 0.0972. The molecule has 0 aliphatic heterocycles. The molecule has 0 heterocycles. The summed E-state index contributed by atoms with van der Waals surface area (Å²) in [6.07, 6.45) is 2.06. The minimum absolute atomic E-state index is 0.106. The number of esters is 2. The lowest BCUT2D eigenvalue weighted by Gasteiger charge is -2.23. The Morgan fingerprint density at radius 2 is 1.24 bits per heavy atom. The van der Waals surface area contributed by atoms with Crippen LogP contribution in [0.25, 0.3) is 21.5 Å². The van der Waals surface area contributed by atoms with E-state index in [1.54, 1.807) is 12.1 Å². The van der Waals surface area contributed by atoms with Gasteiger partial charge in [-0.3, -0.25) is 0 Å². The maximum atomic E-state index is 12.7. The second-order valence-electron chi connectivity index (χ2n) is 13.0. The molecule has 0 radical (unpaired) electrons. The van der Waals surface area contributed by atoms with Crippen LogP contribution in [0.4, 0.5) is 17.6 Å². The highest BCUT2D eigenvalue weighted by Gasteiger charge is 2.25. The predicted octanol–water partition coefficient (Wildman–Crippen LogP) is 10.0. The third-order valence-electron chi connectivity index (χ3n) is 8.21. The Labute approximate surface area is 285 Å². The lowest BCUT2D eigenvalue weighted by Crippen LogP contribution is -2.24. The zero-order valence-electron chi connectivity index (χ0n) is 29.2. The number of hydrogen-bond acceptors (Lipinski definition) is 6. The summed E-state index contributed by atoms with van der Waals surface area (Å²) in [6.45, 7) is 9.56. The molecule has 1 atom stereocenters. The van der Waals surface area contributed by atoms with Crippen LogP contribution in [-0.4, -0.2) is 50.2 Å². The van der Waals surface area contributed by atoms with Crippen molar-refractivity contribution >= 4 is 33.5 Å². The van der Waals surface area contributed by atoms with Crippen molar-refractivity contribution in [3.8, 4) is 11.5 Å². The van der Waals surface area contributed by atoms with Crippen LogP contribution in [-0.2, 0) is 24.5 Å². The third kappa shape index (κ3) is 12.2. The topological polar surface area (TPSA) is 71.1 Å². The van der Waals surface area contributed by atoms with E-state index in [0.29, 0.717) is 31.3 Å². The van der Waals surface area contributed by atoms with Gasteiger partial charge in [0.2, 0.25) is 0 Å². The van der Waals surface area contributed by atoms with Crippen LogP contribution < -0.4 is 9.47 Å². The molecule has 4 aromatic carbocycles. The fraction of sp³-hybridized carbons (Fsp3) is 0.436. The molecule has 0 saturated carbocycles. The van der Waals surface area contributed by atoms with Gasteiger partial charge in [0.25, 0.3) is 11.8 Å². The van der Waals surface area contributed by atoms with E-state index in [4.69, 9.17) is 9.47 Å². The van der Waals surface area contributed by atoms with Crippen molar-refractivity contribution in [2.24, 2.45) is 0 Å². The van der Waals surface area contributed by atoms with Crippen molar-refractivity contribution in [2.45, 2.75) is 84.5 Å². The second-order valence-corrected chi connectivity index (χ2v) is 13.0. The van der Waals surface area contributed by atoms with Crippen molar-refractivity contribution in [1.29, 1.82) is 0 Å². The smallest absolute Gasteiger partial charge is 0.344 e. The average molecular weight is 687 g/mol. The number of carbonyl (C=O) groups is 2. The van der Waals surface area contributed by atoms with E-state index in [0.717, 1.165) is 34.4 Å². The van der Waals surface area contributed by atoms with Gasteiger partial charge >= 0.3 is 11.9 Å². The molecule has 266 valence electrons. The predicted molar refractivity (Wildman–Crippen MR) is 184 cm³/mol. The highest BCUT2D eigenvalue weighted by atomic mass is 19.3. The summed E-state index contributed by atoms with van der Waals surface area (Å²) in [5, 5.41) is 4.03. The Balaban J connectivity index is 0.000000266. The molecule has 0 aliphatic rings. The lowest BCUT2D eigenvalue weighted by molar-refractivity contribution is -0.156.